The first-order valence-electron chi connectivity index (χ1n) is 6.17. The van der Waals surface area contributed by atoms with Gasteiger partial charge in [0.05, 0.1) is 23.6 Å². The maximum Gasteiger partial charge on any atom is 0.234 e. The summed E-state index contributed by atoms with van der Waals surface area (Å²) in [5, 5.41) is 6.38. The van der Waals surface area contributed by atoms with Crippen LogP contribution in [0.1, 0.15) is 13.3 Å². The van der Waals surface area contributed by atoms with Gasteiger partial charge >= 0.3 is 0 Å². The fourth-order valence-electron chi connectivity index (χ4n) is 2.31. The molecule has 0 bridgehead atoms. The average Bonchev–Trinajstić information content (AvgIpc) is 2.74. The molecule has 1 aromatic carbocycles. The second-order valence-electron chi connectivity index (χ2n) is 4.66. The molecule has 4 nitrogen and oxygen atoms in total. The van der Waals surface area contributed by atoms with Gasteiger partial charge in [-0.3, -0.25) is 4.79 Å². The molecule has 0 aliphatic carbocycles. The summed E-state index contributed by atoms with van der Waals surface area (Å²) in [6.07, 6.45) is 1.27. The quantitative estimate of drug-likeness (QED) is 0.860. The standard InChI is InChI=1S/C13H16N2O2S/c1-8-10(4-5-17-8)14-9-2-3-12-11(6-9)15-13(16)7-18-12/h2-3,6,8,10,14H,4-5,7H2,1H3,(H,15,16). The highest BCUT2D eigenvalue weighted by Gasteiger charge is 2.24. The van der Waals surface area contributed by atoms with E-state index in [-0.39, 0.29) is 12.0 Å². The minimum atomic E-state index is 0.0715. The molecule has 2 aliphatic heterocycles. The summed E-state index contributed by atoms with van der Waals surface area (Å²) in [6, 6.07) is 6.48. The second kappa shape index (κ2) is 4.82. The van der Waals surface area contributed by atoms with E-state index in [9.17, 15) is 4.79 Å². The number of benzene rings is 1. The summed E-state index contributed by atoms with van der Waals surface area (Å²) in [7, 11) is 0. The third-order valence-electron chi connectivity index (χ3n) is 3.34. The lowest BCUT2D eigenvalue weighted by Crippen LogP contribution is -2.26. The van der Waals surface area contributed by atoms with E-state index in [1.165, 1.54) is 0 Å². The van der Waals surface area contributed by atoms with Crippen molar-refractivity contribution >= 4 is 29.0 Å². The van der Waals surface area contributed by atoms with Gasteiger partial charge in [0.1, 0.15) is 0 Å². The Labute approximate surface area is 110 Å². The summed E-state index contributed by atoms with van der Waals surface area (Å²) in [5.41, 5.74) is 1.95. The Kier molecular flexibility index (Phi) is 3.18. The first kappa shape index (κ1) is 11.9. The van der Waals surface area contributed by atoms with Crippen molar-refractivity contribution < 1.29 is 9.53 Å². The van der Waals surface area contributed by atoms with Gasteiger partial charge in [0.15, 0.2) is 0 Å². The fraction of sp³-hybridized carbons (Fsp3) is 0.462. The fourth-order valence-corrected chi connectivity index (χ4v) is 3.10. The summed E-state index contributed by atoms with van der Waals surface area (Å²) in [4.78, 5) is 12.5. The van der Waals surface area contributed by atoms with Gasteiger partial charge in [-0.25, -0.2) is 0 Å². The molecule has 2 aliphatic rings. The molecule has 0 radical (unpaired) electrons. The second-order valence-corrected chi connectivity index (χ2v) is 5.68. The Morgan fingerprint density at radius 3 is 3.17 bits per heavy atom. The molecule has 0 saturated carbocycles. The van der Waals surface area contributed by atoms with Crippen molar-refractivity contribution in [3.8, 4) is 0 Å². The largest absolute Gasteiger partial charge is 0.380 e. The van der Waals surface area contributed by atoms with E-state index in [0.717, 1.165) is 29.3 Å². The van der Waals surface area contributed by atoms with E-state index >= 15 is 0 Å². The molecule has 1 saturated heterocycles. The van der Waals surface area contributed by atoms with Crippen molar-refractivity contribution in [2.75, 3.05) is 23.0 Å². The molecule has 18 heavy (non-hydrogen) atoms. The van der Waals surface area contributed by atoms with Crippen molar-refractivity contribution in [1.29, 1.82) is 0 Å². The molecule has 2 unspecified atom stereocenters. The number of thioether (sulfide) groups is 1. The van der Waals surface area contributed by atoms with Gasteiger partial charge in [0, 0.05) is 17.2 Å². The number of fused-ring (bicyclic) bond motifs is 1. The van der Waals surface area contributed by atoms with Crippen molar-refractivity contribution in [3.05, 3.63) is 18.2 Å². The number of hydrogen-bond donors (Lipinski definition) is 2. The van der Waals surface area contributed by atoms with Gasteiger partial charge in [0.25, 0.3) is 0 Å². The molecule has 1 aromatic rings. The van der Waals surface area contributed by atoms with Crippen LogP contribution in [-0.2, 0) is 9.53 Å². The predicted molar refractivity (Wildman–Crippen MR) is 73.2 cm³/mol. The third kappa shape index (κ3) is 2.33. The highest BCUT2D eigenvalue weighted by Crippen LogP contribution is 2.34. The minimum Gasteiger partial charge on any atom is -0.380 e. The molecule has 0 aromatic heterocycles. The van der Waals surface area contributed by atoms with E-state index in [1.54, 1.807) is 11.8 Å². The van der Waals surface area contributed by atoms with Crippen LogP contribution in [-0.4, -0.2) is 30.4 Å². The zero-order chi connectivity index (χ0) is 12.5. The van der Waals surface area contributed by atoms with E-state index in [0.29, 0.717) is 11.8 Å². The van der Waals surface area contributed by atoms with Crippen LogP contribution in [0, 0.1) is 0 Å². The van der Waals surface area contributed by atoms with Gasteiger partial charge < -0.3 is 15.4 Å². The van der Waals surface area contributed by atoms with E-state index in [4.69, 9.17) is 4.74 Å². The van der Waals surface area contributed by atoms with Crippen LogP contribution in [0.25, 0.3) is 0 Å². The Morgan fingerprint density at radius 1 is 1.50 bits per heavy atom. The SMILES string of the molecule is CC1OCCC1Nc1ccc2c(c1)NC(=O)CS2. The van der Waals surface area contributed by atoms with Crippen molar-refractivity contribution in [2.24, 2.45) is 0 Å². The molecule has 2 heterocycles. The molecule has 1 fully saturated rings. The number of hydrogen-bond acceptors (Lipinski definition) is 4. The molecule has 5 heteroatoms. The summed E-state index contributed by atoms with van der Waals surface area (Å²) >= 11 is 1.58. The predicted octanol–water partition coefficient (Wildman–Crippen LogP) is 2.32. The lowest BCUT2D eigenvalue weighted by Gasteiger charge is -2.21. The Morgan fingerprint density at radius 2 is 2.39 bits per heavy atom. The zero-order valence-electron chi connectivity index (χ0n) is 10.2. The highest BCUT2D eigenvalue weighted by molar-refractivity contribution is 8.00. The number of anilines is 2. The van der Waals surface area contributed by atoms with Crippen molar-refractivity contribution in [3.63, 3.8) is 0 Å². The number of ether oxygens (including phenoxy) is 1. The highest BCUT2D eigenvalue weighted by atomic mass is 32.2. The average molecular weight is 264 g/mol. The smallest absolute Gasteiger partial charge is 0.234 e. The van der Waals surface area contributed by atoms with Crippen LogP contribution in [0.2, 0.25) is 0 Å². The molecule has 2 N–H and O–H groups in total. The molecule has 2 atom stereocenters. The molecular formula is C13H16N2O2S. The van der Waals surface area contributed by atoms with Crippen LogP contribution in [0.4, 0.5) is 11.4 Å². The van der Waals surface area contributed by atoms with Crippen LogP contribution in [0.3, 0.4) is 0 Å². The van der Waals surface area contributed by atoms with Crippen molar-refractivity contribution in [2.45, 2.75) is 30.4 Å². The van der Waals surface area contributed by atoms with Crippen LogP contribution in [0.15, 0.2) is 23.1 Å². The monoisotopic (exact) mass is 264 g/mol. The zero-order valence-corrected chi connectivity index (χ0v) is 11.0. The molecule has 1 amide bonds. The summed E-state index contributed by atoms with van der Waals surface area (Å²) in [5.74, 6) is 0.579. The van der Waals surface area contributed by atoms with Gasteiger partial charge in [-0.2, -0.15) is 0 Å². The Hall–Kier alpha value is -1.20. The molecule has 96 valence electrons. The Balaban J connectivity index is 1.77. The number of carbonyl (C=O) groups is 1. The maximum atomic E-state index is 11.4. The van der Waals surface area contributed by atoms with E-state index in [1.807, 2.05) is 6.07 Å². The number of carbonyl (C=O) groups excluding carboxylic acids is 1. The van der Waals surface area contributed by atoms with E-state index in [2.05, 4.69) is 29.7 Å². The van der Waals surface area contributed by atoms with Gasteiger partial charge in [-0.15, -0.1) is 11.8 Å². The maximum absolute atomic E-state index is 11.4. The number of nitrogens with one attached hydrogen (secondary N) is 2. The lowest BCUT2D eigenvalue weighted by atomic mass is 10.1. The first-order valence-corrected chi connectivity index (χ1v) is 7.16. The van der Waals surface area contributed by atoms with E-state index < -0.39 is 0 Å². The van der Waals surface area contributed by atoms with Gasteiger partial charge in [0.2, 0.25) is 5.91 Å². The lowest BCUT2D eigenvalue weighted by molar-refractivity contribution is -0.113. The number of rotatable bonds is 2. The molecule has 3 rings (SSSR count). The van der Waals surface area contributed by atoms with Gasteiger partial charge in [-0.1, -0.05) is 0 Å². The van der Waals surface area contributed by atoms with Crippen LogP contribution >= 0.6 is 11.8 Å². The summed E-state index contributed by atoms with van der Waals surface area (Å²) < 4.78 is 5.53. The summed E-state index contributed by atoms with van der Waals surface area (Å²) in [6.45, 7) is 2.90. The number of amides is 1. The van der Waals surface area contributed by atoms with Crippen LogP contribution < -0.4 is 10.6 Å². The topological polar surface area (TPSA) is 50.4 Å². The minimum absolute atomic E-state index is 0.0715. The Bertz CT molecular complexity index is 478. The van der Waals surface area contributed by atoms with Crippen LogP contribution in [0.5, 0.6) is 0 Å². The third-order valence-corrected chi connectivity index (χ3v) is 4.41. The molecular weight excluding hydrogens is 248 g/mol. The normalized spacial score (nSPS) is 26.6. The molecule has 0 spiro atoms. The first-order chi connectivity index (χ1) is 8.72. The van der Waals surface area contributed by atoms with Crippen molar-refractivity contribution in [1.82, 2.24) is 0 Å². The van der Waals surface area contributed by atoms with Gasteiger partial charge in [-0.05, 0) is 31.5 Å².